The molecule has 0 radical (unpaired) electrons. The summed E-state index contributed by atoms with van der Waals surface area (Å²) in [7, 11) is 5.74. The van der Waals surface area contributed by atoms with Gasteiger partial charge in [0.1, 0.15) is 38.9 Å². The summed E-state index contributed by atoms with van der Waals surface area (Å²) in [6.07, 6.45) is 4.46. The number of rotatable bonds is 5. The first-order valence-electron chi connectivity index (χ1n) is 12.1. The van der Waals surface area contributed by atoms with Gasteiger partial charge in [-0.15, -0.1) is 0 Å². The third-order valence-corrected chi connectivity index (χ3v) is 7.17. The third kappa shape index (κ3) is 3.67. The second-order valence-electron chi connectivity index (χ2n) is 9.94. The fraction of sp³-hybridized carbons (Fsp3) is 0.269. The molecule has 7 nitrogen and oxygen atoms in total. The molecule has 0 bridgehead atoms. The normalized spacial score (nSPS) is 18.7. The highest BCUT2D eigenvalue weighted by Crippen LogP contribution is 2.37. The zero-order valence-electron chi connectivity index (χ0n) is 20.5. The molecular formula is C26H25B2FN4O3. The molecule has 2 aliphatic heterocycles. The topological polar surface area (TPSA) is 69.5 Å². The lowest BCUT2D eigenvalue weighted by Gasteiger charge is -2.32. The predicted octanol–water partition coefficient (Wildman–Crippen LogP) is 1.97. The van der Waals surface area contributed by atoms with Gasteiger partial charge in [0.05, 0.1) is 24.5 Å². The highest BCUT2D eigenvalue weighted by Gasteiger charge is 2.43. The van der Waals surface area contributed by atoms with Crippen LogP contribution >= 0.6 is 0 Å². The maximum atomic E-state index is 15.4. The number of fused-ring (bicyclic) bond motifs is 2. The average molecular weight is 482 g/mol. The molecule has 1 amide bonds. The van der Waals surface area contributed by atoms with E-state index in [9.17, 15) is 4.79 Å². The van der Waals surface area contributed by atoms with Crippen molar-refractivity contribution in [3.63, 3.8) is 0 Å². The van der Waals surface area contributed by atoms with Gasteiger partial charge in [0.15, 0.2) is 0 Å². The number of aryl methyl sites for hydroxylation is 1. The van der Waals surface area contributed by atoms with E-state index in [1.165, 1.54) is 6.07 Å². The Morgan fingerprint density at radius 3 is 2.83 bits per heavy atom. The van der Waals surface area contributed by atoms with Crippen LogP contribution in [0.15, 0.2) is 54.9 Å². The number of ether oxygens (including phenoxy) is 2. The van der Waals surface area contributed by atoms with E-state index in [1.807, 2.05) is 47.1 Å². The SMILES string of the molecule is BC1(B)c2ncccc2C(=O)N1Cc1ccc(-c2ccc(O[C@H]3CCOC3)c3nn(C)cc23)cc1F. The van der Waals surface area contributed by atoms with E-state index >= 15 is 4.39 Å². The molecule has 6 rings (SSSR count). The zero-order chi connectivity index (χ0) is 25.0. The van der Waals surface area contributed by atoms with E-state index in [0.29, 0.717) is 30.1 Å². The Hall–Kier alpha value is -3.65. The lowest BCUT2D eigenvalue weighted by Crippen LogP contribution is -2.44. The maximum absolute atomic E-state index is 15.4. The van der Waals surface area contributed by atoms with Gasteiger partial charge < -0.3 is 14.4 Å². The van der Waals surface area contributed by atoms with Crippen LogP contribution in [0, 0.1) is 5.82 Å². The van der Waals surface area contributed by atoms with Crippen molar-refractivity contribution in [3.8, 4) is 16.9 Å². The molecule has 0 spiro atoms. The number of nitrogens with zero attached hydrogens (tertiary/aromatic N) is 4. The first-order valence-corrected chi connectivity index (χ1v) is 12.1. The standard InChI is InChI=1S/C26H25B2FN4O3/c1-32-13-20-18(6-7-22(23(20)31-32)36-17-8-10-35-14-17)15-4-5-16(21(29)11-15)12-33-25(34)19-3-2-9-30-24(19)26(33,27)28/h2-7,9,11,13,17H,8,10,12,14,27-28H2,1H3/t17-/m0/s1. The smallest absolute Gasteiger partial charge is 0.255 e. The summed E-state index contributed by atoms with van der Waals surface area (Å²) < 4.78 is 28.8. The molecule has 2 aliphatic rings. The summed E-state index contributed by atoms with van der Waals surface area (Å²) >= 11 is 0. The molecule has 4 heterocycles. The number of hydrogen-bond acceptors (Lipinski definition) is 5. The summed E-state index contributed by atoms with van der Waals surface area (Å²) in [5.41, 5.74) is 4.09. The van der Waals surface area contributed by atoms with Crippen LogP contribution in [-0.2, 0) is 23.7 Å². The van der Waals surface area contributed by atoms with Gasteiger partial charge in [-0.2, -0.15) is 5.10 Å². The lowest BCUT2D eigenvalue weighted by atomic mass is 9.59. The molecule has 0 saturated carbocycles. The quantitative estimate of drug-likeness (QED) is 0.407. The summed E-state index contributed by atoms with van der Waals surface area (Å²) in [5.74, 6) is 0.206. The summed E-state index contributed by atoms with van der Waals surface area (Å²) in [5, 5.41) is 4.86. The van der Waals surface area contributed by atoms with Crippen molar-refractivity contribution in [1.29, 1.82) is 0 Å². The largest absolute Gasteiger partial charge is 0.486 e. The molecule has 0 N–H and O–H groups in total. The van der Waals surface area contributed by atoms with Crippen molar-refractivity contribution in [3.05, 3.63) is 77.5 Å². The van der Waals surface area contributed by atoms with Crippen LogP contribution < -0.4 is 4.74 Å². The molecule has 1 atom stereocenters. The first-order chi connectivity index (χ1) is 17.3. The van der Waals surface area contributed by atoms with Crippen molar-refractivity contribution >= 4 is 32.5 Å². The van der Waals surface area contributed by atoms with E-state index < -0.39 is 5.34 Å². The zero-order valence-corrected chi connectivity index (χ0v) is 20.5. The Morgan fingerprint density at radius 1 is 1.22 bits per heavy atom. The number of carbonyl (C=O) groups excluding carboxylic acids is 1. The van der Waals surface area contributed by atoms with Gasteiger partial charge in [0, 0.05) is 48.7 Å². The Balaban J connectivity index is 1.31. The number of aromatic nitrogens is 3. The van der Waals surface area contributed by atoms with Crippen LogP contribution in [-0.4, -0.2) is 60.6 Å². The highest BCUT2D eigenvalue weighted by molar-refractivity contribution is 6.42. The predicted molar refractivity (Wildman–Crippen MR) is 139 cm³/mol. The minimum absolute atomic E-state index is 0.0108. The van der Waals surface area contributed by atoms with Gasteiger partial charge in [-0.3, -0.25) is 14.5 Å². The molecule has 1 fully saturated rings. The fourth-order valence-corrected chi connectivity index (χ4v) is 5.20. The molecule has 4 aromatic rings. The van der Waals surface area contributed by atoms with Crippen molar-refractivity contribution < 1.29 is 18.7 Å². The summed E-state index contributed by atoms with van der Waals surface area (Å²) in [6, 6.07) is 12.5. The van der Waals surface area contributed by atoms with Crippen LogP contribution in [0.25, 0.3) is 22.0 Å². The Bertz CT molecular complexity index is 1500. The minimum atomic E-state index is -0.624. The molecule has 10 heteroatoms. The van der Waals surface area contributed by atoms with E-state index in [2.05, 4.69) is 10.1 Å². The first kappa shape index (κ1) is 22.8. The monoisotopic (exact) mass is 482 g/mol. The van der Waals surface area contributed by atoms with E-state index in [0.717, 1.165) is 34.1 Å². The van der Waals surface area contributed by atoms with Crippen LogP contribution in [0.4, 0.5) is 4.39 Å². The molecule has 0 unspecified atom stereocenters. The number of hydrogen-bond donors (Lipinski definition) is 0. The van der Waals surface area contributed by atoms with E-state index in [1.54, 1.807) is 34.0 Å². The fourth-order valence-electron chi connectivity index (χ4n) is 5.20. The number of benzene rings is 2. The van der Waals surface area contributed by atoms with Crippen LogP contribution in [0.3, 0.4) is 0 Å². The molecule has 1 saturated heterocycles. The third-order valence-electron chi connectivity index (χ3n) is 7.17. The van der Waals surface area contributed by atoms with Gasteiger partial charge in [-0.1, -0.05) is 12.1 Å². The van der Waals surface area contributed by atoms with Gasteiger partial charge in [0.25, 0.3) is 5.91 Å². The second-order valence-corrected chi connectivity index (χ2v) is 9.94. The van der Waals surface area contributed by atoms with Crippen LogP contribution in [0.2, 0.25) is 0 Å². The van der Waals surface area contributed by atoms with Crippen LogP contribution in [0.1, 0.15) is 28.0 Å². The van der Waals surface area contributed by atoms with Gasteiger partial charge in [-0.25, -0.2) is 4.39 Å². The van der Waals surface area contributed by atoms with Crippen molar-refractivity contribution in [2.24, 2.45) is 7.05 Å². The lowest BCUT2D eigenvalue weighted by molar-refractivity contribution is 0.0729. The second kappa shape index (κ2) is 8.48. The van der Waals surface area contributed by atoms with E-state index in [4.69, 9.17) is 9.47 Å². The summed E-state index contributed by atoms with van der Waals surface area (Å²) in [6.45, 7) is 1.43. The van der Waals surface area contributed by atoms with Crippen molar-refractivity contribution in [2.75, 3.05) is 13.2 Å². The van der Waals surface area contributed by atoms with Gasteiger partial charge in [0.2, 0.25) is 0 Å². The van der Waals surface area contributed by atoms with Crippen molar-refractivity contribution in [1.82, 2.24) is 19.7 Å². The molecule has 0 aliphatic carbocycles. The van der Waals surface area contributed by atoms with Crippen molar-refractivity contribution in [2.45, 2.75) is 24.4 Å². The van der Waals surface area contributed by atoms with E-state index in [-0.39, 0.29) is 24.4 Å². The molecular weight excluding hydrogens is 457 g/mol. The minimum Gasteiger partial charge on any atom is -0.486 e. The Kier molecular flexibility index (Phi) is 5.37. The number of halogens is 1. The molecule has 36 heavy (non-hydrogen) atoms. The molecule has 2 aromatic carbocycles. The summed E-state index contributed by atoms with van der Waals surface area (Å²) in [4.78, 5) is 19.2. The maximum Gasteiger partial charge on any atom is 0.255 e. The van der Waals surface area contributed by atoms with Crippen LogP contribution in [0.5, 0.6) is 5.75 Å². The number of carbonyl (C=O) groups is 1. The number of pyridine rings is 1. The van der Waals surface area contributed by atoms with Gasteiger partial charge in [-0.05, 0) is 41.5 Å². The average Bonchev–Trinajstić information content (AvgIpc) is 3.56. The molecule has 2 aromatic heterocycles. The molecule has 180 valence electrons. The Labute approximate surface area is 210 Å². The van der Waals surface area contributed by atoms with Gasteiger partial charge >= 0.3 is 0 Å². The number of amides is 1. The highest BCUT2D eigenvalue weighted by atomic mass is 19.1. The Morgan fingerprint density at radius 2 is 2.08 bits per heavy atom.